The van der Waals surface area contributed by atoms with Gasteiger partial charge in [-0.3, -0.25) is 4.90 Å². The Balaban J connectivity index is 1.74. The van der Waals surface area contributed by atoms with Gasteiger partial charge < -0.3 is 5.73 Å². The van der Waals surface area contributed by atoms with Gasteiger partial charge in [0, 0.05) is 22.1 Å². The molecule has 2 N–H and O–H groups in total. The molecule has 1 unspecified atom stereocenters. The molecule has 21 heavy (non-hydrogen) atoms. The van der Waals surface area contributed by atoms with E-state index in [9.17, 15) is 0 Å². The molecule has 0 bridgehead atoms. The molecule has 1 aromatic rings. The van der Waals surface area contributed by atoms with Gasteiger partial charge in [-0.1, -0.05) is 40.4 Å². The summed E-state index contributed by atoms with van der Waals surface area (Å²) < 4.78 is 1.07. The van der Waals surface area contributed by atoms with E-state index in [-0.39, 0.29) is 6.04 Å². The van der Waals surface area contributed by atoms with Crippen LogP contribution in [0.2, 0.25) is 5.02 Å². The monoisotopic (exact) mass is 370 g/mol. The maximum atomic E-state index is 6.41. The fourth-order valence-corrected chi connectivity index (χ4v) is 4.80. The SMILES string of the molecule is NCC(c1cc(Br)ccc1Cl)N1CCC2(CCCC2)CC1. The molecule has 0 radical (unpaired) electrons. The van der Waals surface area contributed by atoms with Crippen LogP contribution in [0.5, 0.6) is 0 Å². The molecule has 2 fully saturated rings. The van der Waals surface area contributed by atoms with E-state index in [0.29, 0.717) is 12.0 Å². The maximum absolute atomic E-state index is 6.41. The van der Waals surface area contributed by atoms with E-state index in [1.165, 1.54) is 38.5 Å². The highest BCUT2D eigenvalue weighted by atomic mass is 79.9. The van der Waals surface area contributed by atoms with Crippen molar-refractivity contribution in [1.82, 2.24) is 4.90 Å². The van der Waals surface area contributed by atoms with Crippen molar-refractivity contribution < 1.29 is 0 Å². The first kappa shape index (κ1) is 15.8. The summed E-state index contributed by atoms with van der Waals surface area (Å²) in [6.07, 6.45) is 8.39. The van der Waals surface area contributed by atoms with Crippen molar-refractivity contribution in [2.45, 2.75) is 44.6 Å². The minimum absolute atomic E-state index is 0.244. The van der Waals surface area contributed by atoms with E-state index < -0.39 is 0 Å². The molecular weight excluding hydrogens is 348 g/mol. The van der Waals surface area contributed by atoms with Crippen LogP contribution in [0.3, 0.4) is 0 Å². The van der Waals surface area contributed by atoms with E-state index in [1.54, 1.807) is 0 Å². The lowest BCUT2D eigenvalue weighted by atomic mass is 9.76. The highest BCUT2D eigenvalue weighted by Gasteiger charge is 2.38. The van der Waals surface area contributed by atoms with Gasteiger partial charge in [0.25, 0.3) is 0 Å². The number of rotatable bonds is 3. The van der Waals surface area contributed by atoms with Crippen LogP contribution >= 0.6 is 27.5 Å². The lowest BCUT2D eigenvalue weighted by molar-refractivity contribution is 0.0780. The molecule has 1 heterocycles. The summed E-state index contributed by atoms with van der Waals surface area (Å²) >= 11 is 9.96. The third-order valence-electron chi connectivity index (χ3n) is 5.50. The third kappa shape index (κ3) is 3.31. The summed E-state index contributed by atoms with van der Waals surface area (Å²) in [6, 6.07) is 6.32. The zero-order chi connectivity index (χ0) is 14.9. The van der Waals surface area contributed by atoms with Gasteiger partial charge in [0.1, 0.15) is 0 Å². The normalized spacial score (nSPS) is 23.6. The first-order valence-electron chi connectivity index (χ1n) is 8.03. The summed E-state index contributed by atoms with van der Waals surface area (Å²) in [4.78, 5) is 2.54. The molecular formula is C17H24BrClN2. The predicted octanol–water partition coefficient (Wildman–Crippen LogP) is 4.76. The Bertz CT molecular complexity index is 490. The number of halogens is 2. The van der Waals surface area contributed by atoms with Gasteiger partial charge in [0.2, 0.25) is 0 Å². The highest BCUT2D eigenvalue weighted by Crippen LogP contribution is 2.47. The first-order chi connectivity index (χ1) is 10.1. The van der Waals surface area contributed by atoms with Gasteiger partial charge in [-0.25, -0.2) is 0 Å². The van der Waals surface area contributed by atoms with Crippen molar-refractivity contribution in [3.05, 3.63) is 33.3 Å². The second-order valence-electron chi connectivity index (χ2n) is 6.66. The average molecular weight is 372 g/mol. The van der Waals surface area contributed by atoms with Crippen LogP contribution in [-0.4, -0.2) is 24.5 Å². The second kappa shape index (κ2) is 6.57. The van der Waals surface area contributed by atoms with Crippen LogP contribution in [0.1, 0.15) is 50.1 Å². The molecule has 3 rings (SSSR count). The molecule has 1 saturated heterocycles. The van der Waals surface area contributed by atoms with Crippen molar-refractivity contribution in [1.29, 1.82) is 0 Å². The maximum Gasteiger partial charge on any atom is 0.0485 e. The standard InChI is InChI=1S/C17H24BrClN2/c18-13-3-4-15(19)14(11-13)16(12-20)21-9-7-17(8-10-21)5-1-2-6-17/h3-4,11,16H,1-2,5-10,12,20H2. The zero-order valence-electron chi connectivity index (χ0n) is 12.5. The molecule has 0 amide bonds. The molecule has 1 saturated carbocycles. The van der Waals surface area contributed by atoms with Crippen molar-refractivity contribution in [2.24, 2.45) is 11.1 Å². The first-order valence-corrected chi connectivity index (χ1v) is 9.20. The van der Waals surface area contributed by atoms with Gasteiger partial charge in [-0.2, -0.15) is 0 Å². The summed E-state index contributed by atoms with van der Waals surface area (Å²) in [6.45, 7) is 2.94. The van der Waals surface area contributed by atoms with Gasteiger partial charge in [-0.05, 0) is 68.0 Å². The number of benzene rings is 1. The molecule has 116 valence electrons. The average Bonchev–Trinajstić information content (AvgIpc) is 2.94. The third-order valence-corrected chi connectivity index (χ3v) is 6.34. The number of nitrogens with two attached hydrogens (primary N) is 1. The van der Waals surface area contributed by atoms with Crippen LogP contribution in [0.4, 0.5) is 0 Å². The van der Waals surface area contributed by atoms with E-state index in [0.717, 1.165) is 28.1 Å². The van der Waals surface area contributed by atoms with Crippen molar-refractivity contribution in [3.63, 3.8) is 0 Å². The minimum atomic E-state index is 0.244. The topological polar surface area (TPSA) is 29.3 Å². The minimum Gasteiger partial charge on any atom is -0.329 e. The van der Waals surface area contributed by atoms with Crippen molar-refractivity contribution >= 4 is 27.5 Å². The molecule has 1 spiro atoms. The van der Waals surface area contributed by atoms with Crippen LogP contribution in [0.15, 0.2) is 22.7 Å². The van der Waals surface area contributed by atoms with Crippen molar-refractivity contribution in [2.75, 3.05) is 19.6 Å². The molecule has 2 aliphatic rings. The molecule has 1 aliphatic heterocycles. The summed E-state index contributed by atoms with van der Waals surface area (Å²) in [5.41, 5.74) is 7.90. The lowest BCUT2D eigenvalue weighted by Crippen LogP contribution is -2.43. The molecule has 1 aromatic carbocycles. The molecule has 2 nitrogen and oxygen atoms in total. The number of hydrogen-bond donors (Lipinski definition) is 1. The summed E-state index contributed by atoms with van der Waals surface area (Å²) in [5, 5.41) is 0.829. The molecule has 1 aliphatic carbocycles. The summed E-state index contributed by atoms with van der Waals surface area (Å²) in [5.74, 6) is 0. The van der Waals surface area contributed by atoms with Crippen LogP contribution in [0.25, 0.3) is 0 Å². The number of nitrogens with zero attached hydrogens (tertiary/aromatic N) is 1. The summed E-state index contributed by atoms with van der Waals surface area (Å²) in [7, 11) is 0. The second-order valence-corrected chi connectivity index (χ2v) is 7.98. The van der Waals surface area contributed by atoms with Gasteiger partial charge in [0.05, 0.1) is 0 Å². The van der Waals surface area contributed by atoms with E-state index in [4.69, 9.17) is 17.3 Å². The predicted molar refractivity (Wildman–Crippen MR) is 92.7 cm³/mol. The van der Waals surface area contributed by atoms with Crippen LogP contribution in [0, 0.1) is 5.41 Å². The van der Waals surface area contributed by atoms with Crippen LogP contribution < -0.4 is 5.73 Å². The number of piperidine rings is 1. The Morgan fingerprint density at radius 2 is 1.86 bits per heavy atom. The Kier molecular flexibility index (Phi) is 4.94. The number of likely N-dealkylation sites (tertiary alicyclic amines) is 1. The Morgan fingerprint density at radius 1 is 1.19 bits per heavy atom. The van der Waals surface area contributed by atoms with Gasteiger partial charge in [0.15, 0.2) is 0 Å². The highest BCUT2D eigenvalue weighted by molar-refractivity contribution is 9.10. The Morgan fingerprint density at radius 3 is 2.48 bits per heavy atom. The van der Waals surface area contributed by atoms with E-state index in [2.05, 4.69) is 26.9 Å². The zero-order valence-corrected chi connectivity index (χ0v) is 14.8. The largest absolute Gasteiger partial charge is 0.329 e. The van der Waals surface area contributed by atoms with Crippen molar-refractivity contribution in [3.8, 4) is 0 Å². The Hall–Kier alpha value is -0.0900. The number of hydrogen-bond acceptors (Lipinski definition) is 2. The molecule has 0 aromatic heterocycles. The molecule has 4 heteroatoms. The van der Waals surface area contributed by atoms with E-state index >= 15 is 0 Å². The fraction of sp³-hybridized carbons (Fsp3) is 0.647. The van der Waals surface area contributed by atoms with E-state index in [1.807, 2.05) is 12.1 Å². The fourth-order valence-electron chi connectivity index (χ4n) is 4.18. The van der Waals surface area contributed by atoms with Gasteiger partial charge in [-0.15, -0.1) is 0 Å². The quantitative estimate of drug-likeness (QED) is 0.830. The smallest absolute Gasteiger partial charge is 0.0485 e. The van der Waals surface area contributed by atoms with Gasteiger partial charge >= 0.3 is 0 Å². The van der Waals surface area contributed by atoms with Crippen LogP contribution in [-0.2, 0) is 0 Å². The lowest BCUT2D eigenvalue weighted by Gasteiger charge is -2.43. The Labute approximate surface area is 141 Å². The molecule has 1 atom stereocenters.